The molecule has 118 valence electrons. The van der Waals surface area contributed by atoms with Crippen LogP contribution in [0.5, 0.6) is 0 Å². The van der Waals surface area contributed by atoms with Crippen LogP contribution >= 0.6 is 0 Å². The fraction of sp³-hybridized carbons (Fsp3) is 0.917. The van der Waals surface area contributed by atoms with E-state index in [4.69, 9.17) is 9.84 Å². The normalized spacial score (nSPS) is 18.9. The lowest BCUT2D eigenvalue weighted by molar-refractivity contribution is -0.172. The summed E-state index contributed by atoms with van der Waals surface area (Å²) in [6.45, 7) is -0.943. The Morgan fingerprint density at radius 1 is 1.40 bits per heavy atom. The number of nitrogens with zero attached hydrogens (tertiary/aromatic N) is 1. The largest absolute Gasteiger partial charge is 0.406 e. The van der Waals surface area contributed by atoms with Gasteiger partial charge >= 0.3 is 6.18 Å². The van der Waals surface area contributed by atoms with E-state index in [9.17, 15) is 18.0 Å². The van der Waals surface area contributed by atoms with Crippen molar-refractivity contribution >= 4 is 5.91 Å². The van der Waals surface area contributed by atoms with Gasteiger partial charge in [0, 0.05) is 13.7 Å². The number of ether oxygens (including phenoxy) is 1. The van der Waals surface area contributed by atoms with Crippen LogP contribution in [0.4, 0.5) is 13.2 Å². The van der Waals surface area contributed by atoms with E-state index in [0.29, 0.717) is 30.8 Å². The van der Waals surface area contributed by atoms with Gasteiger partial charge in [-0.3, -0.25) is 4.79 Å². The number of nitrogens with one attached hydrogen (secondary N) is 1. The maximum Gasteiger partial charge on any atom is 0.406 e. The lowest BCUT2D eigenvalue weighted by atomic mass is 9.78. The Hall–Kier alpha value is -0.860. The highest BCUT2D eigenvalue weighted by Crippen LogP contribution is 2.32. The molecular weight excluding hydrogens is 277 g/mol. The molecule has 1 heterocycles. The molecule has 1 aliphatic rings. The fourth-order valence-corrected chi connectivity index (χ4v) is 2.53. The summed E-state index contributed by atoms with van der Waals surface area (Å²) in [5.74, 6) is -0.591. The maximum absolute atomic E-state index is 12.5. The van der Waals surface area contributed by atoms with Gasteiger partial charge in [-0.1, -0.05) is 0 Å². The number of carbonyl (C=O) groups excluding carboxylic acids is 1. The average molecular weight is 298 g/mol. The van der Waals surface area contributed by atoms with Gasteiger partial charge in [0.2, 0.25) is 5.91 Å². The Morgan fingerprint density at radius 2 is 2.00 bits per heavy atom. The number of amides is 1. The summed E-state index contributed by atoms with van der Waals surface area (Å²) in [6.07, 6.45) is -3.62. The van der Waals surface area contributed by atoms with Crippen LogP contribution in [0.2, 0.25) is 0 Å². The Morgan fingerprint density at radius 3 is 2.45 bits per heavy atom. The number of hydrogen-bond acceptors (Lipinski definition) is 4. The number of rotatable bonds is 6. The van der Waals surface area contributed by atoms with Crippen molar-refractivity contribution in [2.24, 2.45) is 5.41 Å². The minimum atomic E-state index is -4.48. The van der Waals surface area contributed by atoms with Crippen LogP contribution in [-0.4, -0.2) is 68.6 Å². The van der Waals surface area contributed by atoms with E-state index in [2.05, 4.69) is 5.32 Å². The van der Waals surface area contributed by atoms with Gasteiger partial charge in [0.05, 0.1) is 18.6 Å². The van der Waals surface area contributed by atoms with E-state index in [0.717, 1.165) is 0 Å². The molecular formula is C12H21F3N2O3. The van der Waals surface area contributed by atoms with E-state index in [-0.39, 0.29) is 13.2 Å². The molecule has 1 rings (SSSR count). The van der Waals surface area contributed by atoms with Crippen molar-refractivity contribution < 1.29 is 27.8 Å². The molecule has 0 unspecified atom stereocenters. The lowest BCUT2D eigenvalue weighted by Crippen LogP contribution is -2.54. The SMILES string of the molecule is COCC1(C(=O)N(CCO)CC(F)(F)F)CCNCC1. The van der Waals surface area contributed by atoms with Crippen molar-refractivity contribution in [2.75, 3.05) is 46.5 Å². The molecule has 1 aliphatic heterocycles. The summed E-state index contributed by atoms with van der Waals surface area (Å²) < 4.78 is 42.7. The number of methoxy groups -OCH3 is 1. The predicted octanol–water partition coefficient (Wildman–Crippen LogP) is 0.386. The summed E-state index contributed by atoms with van der Waals surface area (Å²) in [5, 5.41) is 12.0. The van der Waals surface area contributed by atoms with E-state index in [1.807, 2.05) is 0 Å². The summed E-state index contributed by atoms with van der Waals surface area (Å²) in [7, 11) is 1.43. The second kappa shape index (κ2) is 7.24. The number of piperidine rings is 1. The van der Waals surface area contributed by atoms with Crippen LogP contribution in [0, 0.1) is 5.41 Å². The molecule has 0 aromatic heterocycles. The van der Waals surface area contributed by atoms with Crippen LogP contribution in [0.1, 0.15) is 12.8 Å². The second-order valence-corrected chi connectivity index (χ2v) is 5.03. The van der Waals surface area contributed by atoms with Crippen LogP contribution in [0.3, 0.4) is 0 Å². The van der Waals surface area contributed by atoms with Crippen molar-refractivity contribution in [2.45, 2.75) is 19.0 Å². The predicted molar refractivity (Wildman–Crippen MR) is 66.1 cm³/mol. The highest BCUT2D eigenvalue weighted by atomic mass is 19.4. The summed E-state index contributed by atoms with van der Waals surface area (Å²) in [5.41, 5.74) is -0.930. The van der Waals surface area contributed by atoms with Crippen LogP contribution in [0.15, 0.2) is 0 Å². The average Bonchev–Trinajstić information content (AvgIpc) is 2.37. The minimum Gasteiger partial charge on any atom is -0.395 e. The quantitative estimate of drug-likeness (QED) is 0.744. The van der Waals surface area contributed by atoms with E-state index in [1.54, 1.807) is 0 Å². The molecule has 0 aromatic rings. The Labute approximate surface area is 116 Å². The number of hydrogen-bond donors (Lipinski definition) is 2. The topological polar surface area (TPSA) is 61.8 Å². The first-order valence-electron chi connectivity index (χ1n) is 6.51. The third kappa shape index (κ3) is 4.60. The van der Waals surface area contributed by atoms with E-state index < -0.39 is 30.7 Å². The number of aliphatic hydroxyl groups excluding tert-OH is 1. The first-order valence-corrected chi connectivity index (χ1v) is 6.51. The summed E-state index contributed by atoms with van der Waals surface area (Å²) >= 11 is 0. The third-order valence-corrected chi connectivity index (χ3v) is 3.46. The molecule has 1 saturated heterocycles. The number of aliphatic hydroxyl groups is 1. The first-order chi connectivity index (χ1) is 9.34. The molecule has 0 spiro atoms. The molecule has 0 saturated carbocycles. The summed E-state index contributed by atoms with van der Waals surface area (Å²) in [6, 6.07) is 0. The number of alkyl halides is 3. The van der Waals surface area contributed by atoms with Crippen molar-refractivity contribution in [1.82, 2.24) is 10.2 Å². The van der Waals surface area contributed by atoms with Crippen molar-refractivity contribution in [1.29, 1.82) is 0 Å². The molecule has 2 N–H and O–H groups in total. The smallest absolute Gasteiger partial charge is 0.395 e. The first kappa shape index (κ1) is 17.2. The van der Waals surface area contributed by atoms with Gasteiger partial charge in [0.15, 0.2) is 0 Å². The zero-order valence-electron chi connectivity index (χ0n) is 11.5. The van der Waals surface area contributed by atoms with E-state index in [1.165, 1.54) is 7.11 Å². The van der Waals surface area contributed by atoms with Crippen molar-refractivity contribution in [3.8, 4) is 0 Å². The monoisotopic (exact) mass is 298 g/mol. The van der Waals surface area contributed by atoms with E-state index >= 15 is 0 Å². The molecule has 5 nitrogen and oxygen atoms in total. The highest BCUT2D eigenvalue weighted by molar-refractivity contribution is 5.83. The van der Waals surface area contributed by atoms with Gasteiger partial charge in [-0.15, -0.1) is 0 Å². The van der Waals surface area contributed by atoms with Gasteiger partial charge in [-0.25, -0.2) is 0 Å². The fourth-order valence-electron chi connectivity index (χ4n) is 2.53. The molecule has 1 fully saturated rings. The van der Waals surface area contributed by atoms with Crippen LogP contribution in [0.25, 0.3) is 0 Å². The molecule has 0 aliphatic carbocycles. The number of halogens is 3. The van der Waals surface area contributed by atoms with Crippen molar-refractivity contribution in [3.63, 3.8) is 0 Å². The molecule has 8 heteroatoms. The highest BCUT2D eigenvalue weighted by Gasteiger charge is 2.44. The summed E-state index contributed by atoms with van der Waals surface area (Å²) in [4.78, 5) is 13.2. The molecule has 0 radical (unpaired) electrons. The van der Waals surface area contributed by atoms with Crippen molar-refractivity contribution in [3.05, 3.63) is 0 Å². The lowest BCUT2D eigenvalue weighted by Gasteiger charge is -2.39. The standard InChI is InChI=1S/C12H21F3N2O3/c1-20-9-11(2-4-16-5-3-11)10(19)17(6-7-18)8-12(13,14)15/h16,18H,2-9H2,1H3. The second-order valence-electron chi connectivity index (χ2n) is 5.03. The third-order valence-electron chi connectivity index (χ3n) is 3.46. The van der Waals surface area contributed by atoms with Gasteiger partial charge in [0.25, 0.3) is 0 Å². The zero-order chi connectivity index (χ0) is 15.2. The van der Waals surface area contributed by atoms with Gasteiger partial charge in [-0.05, 0) is 25.9 Å². The van der Waals surface area contributed by atoms with Crippen LogP contribution < -0.4 is 5.32 Å². The molecule has 0 atom stereocenters. The zero-order valence-corrected chi connectivity index (χ0v) is 11.5. The van der Waals surface area contributed by atoms with Gasteiger partial charge < -0.3 is 20.1 Å². The molecule has 0 bridgehead atoms. The van der Waals surface area contributed by atoms with Gasteiger partial charge in [0.1, 0.15) is 6.54 Å². The molecule has 20 heavy (non-hydrogen) atoms. The molecule has 1 amide bonds. The minimum absolute atomic E-state index is 0.0906. The Bertz CT molecular complexity index is 312. The maximum atomic E-state index is 12.5. The number of carbonyl (C=O) groups is 1. The van der Waals surface area contributed by atoms with Gasteiger partial charge in [-0.2, -0.15) is 13.2 Å². The van der Waals surface area contributed by atoms with Crippen LogP contribution in [-0.2, 0) is 9.53 Å². The Balaban J connectivity index is 2.88. The molecule has 0 aromatic carbocycles. The Kier molecular flexibility index (Phi) is 6.22.